The summed E-state index contributed by atoms with van der Waals surface area (Å²) in [5, 5.41) is 46.8. The van der Waals surface area contributed by atoms with Crippen LogP contribution in [0.3, 0.4) is 0 Å². The predicted octanol–water partition coefficient (Wildman–Crippen LogP) is 1.86. The Labute approximate surface area is 133 Å². The predicted molar refractivity (Wildman–Crippen MR) is 77.3 cm³/mol. The summed E-state index contributed by atoms with van der Waals surface area (Å²) in [5.74, 6) is -2.80. The van der Waals surface area contributed by atoms with Crippen molar-refractivity contribution in [3.05, 3.63) is 68.0 Å². The third kappa shape index (κ3) is 4.46. The zero-order chi connectivity index (χ0) is 18.3. The van der Waals surface area contributed by atoms with Gasteiger partial charge in [0.05, 0.1) is 27.5 Å². The van der Waals surface area contributed by atoms with Gasteiger partial charge in [0.25, 0.3) is 5.69 Å². The zero-order valence-corrected chi connectivity index (χ0v) is 11.7. The quantitative estimate of drug-likeness (QED) is 0.626. The monoisotopic (exact) mass is 332 g/mol. The molecule has 1 aromatic heterocycles. The van der Waals surface area contributed by atoms with Crippen LogP contribution in [0.1, 0.15) is 15.9 Å². The number of nitro groups is 2. The Morgan fingerprint density at radius 2 is 1.75 bits per heavy atom. The van der Waals surface area contributed by atoms with E-state index in [2.05, 4.69) is 4.98 Å². The maximum atomic E-state index is 10.6. The van der Waals surface area contributed by atoms with Gasteiger partial charge in [-0.3, -0.25) is 25.2 Å². The molecular formula is C13H8N4O7. The molecular weight excluding hydrogens is 324 g/mol. The van der Waals surface area contributed by atoms with Crippen molar-refractivity contribution >= 4 is 17.3 Å². The Morgan fingerprint density at radius 1 is 1.17 bits per heavy atom. The molecule has 0 aliphatic rings. The first-order chi connectivity index (χ1) is 11.3. The van der Waals surface area contributed by atoms with Crippen molar-refractivity contribution in [1.82, 2.24) is 4.98 Å². The van der Waals surface area contributed by atoms with E-state index < -0.39 is 38.5 Å². The maximum Gasteiger partial charge on any atom is 0.340 e. The van der Waals surface area contributed by atoms with Crippen LogP contribution in [0.25, 0.3) is 0 Å². The van der Waals surface area contributed by atoms with Crippen molar-refractivity contribution in [2.45, 2.75) is 0 Å². The van der Waals surface area contributed by atoms with Gasteiger partial charge in [-0.25, -0.2) is 4.79 Å². The van der Waals surface area contributed by atoms with E-state index >= 15 is 0 Å². The van der Waals surface area contributed by atoms with E-state index in [4.69, 9.17) is 10.4 Å². The number of benzene rings is 1. The molecule has 0 aliphatic heterocycles. The fourth-order valence-corrected chi connectivity index (χ4v) is 1.44. The van der Waals surface area contributed by atoms with Crippen LogP contribution >= 0.6 is 0 Å². The van der Waals surface area contributed by atoms with E-state index in [0.717, 1.165) is 0 Å². The molecule has 2 aromatic rings. The Bertz CT molecular complexity index is 795. The topological polar surface area (TPSA) is 180 Å². The molecule has 0 bridgehead atoms. The van der Waals surface area contributed by atoms with Gasteiger partial charge in [-0.1, -0.05) is 0 Å². The second kappa shape index (κ2) is 7.80. The second-order valence-corrected chi connectivity index (χ2v) is 4.03. The molecule has 0 atom stereocenters. The van der Waals surface area contributed by atoms with Gasteiger partial charge in [0.15, 0.2) is 0 Å². The van der Waals surface area contributed by atoms with Crippen LogP contribution in [-0.4, -0.2) is 31.0 Å². The fourth-order valence-electron chi connectivity index (χ4n) is 1.44. The van der Waals surface area contributed by atoms with Gasteiger partial charge in [-0.15, -0.1) is 0 Å². The molecule has 11 heteroatoms. The van der Waals surface area contributed by atoms with Crippen molar-refractivity contribution < 1.29 is 24.9 Å². The van der Waals surface area contributed by atoms with Crippen LogP contribution in [0.2, 0.25) is 0 Å². The van der Waals surface area contributed by atoms with Gasteiger partial charge < -0.3 is 10.2 Å². The fraction of sp³-hybridized carbons (Fsp3) is 0. The third-order valence-electron chi connectivity index (χ3n) is 2.52. The summed E-state index contributed by atoms with van der Waals surface area (Å²) in [4.78, 5) is 33.0. The Morgan fingerprint density at radius 3 is 2.12 bits per heavy atom. The SMILES string of the molecule is N#Cc1ccncc1.O=C(O)c1cc([N+](=O)[O-])cc([N+](=O)[O-])c1O. The number of nitriles is 1. The lowest BCUT2D eigenvalue weighted by molar-refractivity contribution is -0.394. The molecule has 1 aromatic carbocycles. The number of hydrogen-bond donors (Lipinski definition) is 2. The van der Waals surface area contributed by atoms with Crippen LogP contribution in [0.5, 0.6) is 5.75 Å². The lowest BCUT2D eigenvalue weighted by atomic mass is 10.1. The maximum absolute atomic E-state index is 10.6. The molecule has 122 valence electrons. The molecule has 2 rings (SSSR count). The summed E-state index contributed by atoms with van der Waals surface area (Å²) in [7, 11) is 0. The number of nitro benzene ring substituents is 2. The Hall–Kier alpha value is -4.07. The minimum Gasteiger partial charge on any atom is -0.501 e. The lowest BCUT2D eigenvalue weighted by Crippen LogP contribution is -2.02. The molecule has 0 aliphatic carbocycles. The number of nitrogens with zero attached hydrogens (tertiary/aromatic N) is 4. The number of aromatic nitrogens is 1. The van der Waals surface area contributed by atoms with Gasteiger partial charge in [0, 0.05) is 18.5 Å². The minimum atomic E-state index is -1.69. The highest BCUT2D eigenvalue weighted by molar-refractivity contribution is 5.93. The number of non-ortho nitro benzene ring substituents is 1. The van der Waals surface area contributed by atoms with Crippen LogP contribution < -0.4 is 0 Å². The Kier molecular flexibility index (Phi) is 5.84. The number of carbonyl (C=O) groups is 1. The van der Waals surface area contributed by atoms with E-state index in [1.165, 1.54) is 0 Å². The molecule has 2 N–H and O–H groups in total. The molecule has 24 heavy (non-hydrogen) atoms. The molecule has 0 radical (unpaired) electrons. The van der Waals surface area contributed by atoms with Gasteiger partial charge in [0.2, 0.25) is 5.75 Å². The van der Waals surface area contributed by atoms with Gasteiger partial charge >= 0.3 is 11.7 Å². The van der Waals surface area contributed by atoms with Crippen LogP contribution in [0.15, 0.2) is 36.7 Å². The van der Waals surface area contributed by atoms with E-state index in [9.17, 15) is 30.1 Å². The summed E-state index contributed by atoms with van der Waals surface area (Å²) < 4.78 is 0. The van der Waals surface area contributed by atoms with Gasteiger partial charge in [-0.2, -0.15) is 5.26 Å². The number of carboxylic acids is 1. The number of rotatable bonds is 3. The van der Waals surface area contributed by atoms with E-state index in [1.807, 2.05) is 6.07 Å². The highest BCUT2D eigenvalue weighted by Crippen LogP contribution is 2.34. The largest absolute Gasteiger partial charge is 0.501 e. The highest BCUT2D eigenvalue weighted by Gasteiger charge is 2.26. The molecule has 0 spiro atoms. The second-order valence-electron chi connectivity index (χ2n) is 4.03. The number of phenols is 1. The van der Waals surface area contributed by atoms with Crippen molar-refractivity contribution in [3.63, 3.8) is 0 Å². The average molecular weight is 332 g/mol. The molecule has 0 saturated carbocycles. The summed E-state index contributed by atoms with van der Waals surface area (Å²) in [6.07, 6.45) is 3.19. The van der Waals surface area contributed by atoms with Crippen molar-refractivity contribution in [2.75, 3.05) is 0 Å². The summed E-state index contributed by atoms with van der Waals surface area (Å²) >= 11 is 0. The standard InChI is InChI=1S/C7H4N2O7.C6H4N2/c10-6-4(7(11)12)1-3(8(13)14)2-5(6)9(15)16;7-5-6-1-3-8-4-2-6/h1-2,10H,(H,11,12);1-4H. The minimum absolute atomic E-state index is 0.488. The van der Waals surface area contributed by atoms with Crippen molar-refractivity contribution in [3.8, 4) is 11.8 Å². The van der Waals surface area contributed by atoms with Crippen LogP contribution in [0, 0.1) is 31.6 Å². The number of aromatic carboxylic acids is 1. The van der Waals surface area contributed by atoms with E-state index in [0.29, 0.717) is 17.7 Å². The van der Waals surface area contributed by atoms with E-state index in [-0.39, 0.29) is 0 Å². The molecule has 0 amide bonds. The first kappa shape index (κ1) is 18.0. The summed E-state index contributed by atoms with van der Waals surface area (Å²) in [6, 6.07) is 6.35. The number of hydrogen-bond acceptors (Lipinski definition) is 8. The number of aromatic hydroxyl groups is 1. The van der Waals surface area contributed by atoms with Crippen molar-refractivity contribution in [2.24, 2.45) is 0 Å². The summed E-state index contributed by atoms with van der Waals surface area (Å²) in [6.45, 7) is 0. The van der Waals surface area contributed by atoms with Crippen molar-refractivity contribution in [1.29, 1.82) is 5.26 Å². The highest BCUT2D eigenvalue weighted by atomic mass is 16.6. The molecule has 11 nitrogen and oxygen atoms in total. The Balaban J connectivity index is 0.000000300. The lowest BCUT2D eigenvalue weighted by Gasteiger charge is -2.00. The average Bonchev–Trinajstić information content (AvgIpc) is 2.55. The molecule has 0 saturated heterocycles. The van der Waals surface area contributed by atoms with Crippen LogP contribution in [-0.2, 0) is 0 Å². The van der Waals surface area contributed by atoms with Crippen LogP contribution in [0.4, 0.5) is 11.4 Å². The normalized spacial score (nSPS) is 9.12. The third-order valence-corrected chi connectivity index (χ3v) is 2.52. The number of pyridine rings is 1. The van der Waals surface area contributed by atoms with E-state index in [1.54, 1.807) is 24.5 Å². The summed E-state index contributed by atoms with van der Waals surface area (Å²) in [5.41, 5.74) is -2.03. The first-order valence-corrected chi connectivity index (χ1v) is 5.97. The smallest absolute Gasteiger partial charge is 0.340 e. The molecule has 0 fully saturated rings. The molecule has 1 heterocycles. The van der Waals surface area contributed by atoms with Gasteiger partial charge in [0.1, 0.15) is 5.56 Å². The molecule has 0 unspecified atom stereocenters. The first-order valence-electron chi connectivity index (χ1n) is 5.97. The van der Waals surface area contributed by atoms with Gasteiger partial charge in [-0.05, 0) is 12.1 Å². The zero-order valence-electron chi connectivity index (χ0n) is 11.7. The number of carboxylic acid groups (broad SMARTS) is 1.